The monoisotopic (exact) mass is 492 g/mol. The number of alkyl halides is 1. The van der Waals surface area contributed by atoms with Gasteiger partial charge < -0.3 is 20.1 Å². The first kappa shape index (κ1) is 21.5. The Morgan fingerprint density at radius 3 is 2.65 bits per heavy atom. The van der Waals surface area contributed by atoms with E-state index in [1.165, 1.54) is 17.2 Å². The van der Waals surface area contributed by atoms with Gasteiger partial charge in [-0.3, -0.25) is 14.6 Å². The number of ether oxygens (including phenoxy) is 2. The number of halogens is 2. The fourth-order valence-corrected chi connectivity index (χ4v) is 3.64. The van der Waals surface area contributed by atoms with Gasteiger partial charge in [-0.1, -0.05) is 0 Å². The molecule has 0 unspecified atom stereocenters. The summed E-state index contributed by atoms with van der Waals surface area (Å²) in [5, 5.41) is 0. The molecule has 1 saturated carbocycles. The maximum absolute atomic E-state index is 14.8. The molecule has 0 aromatic carbocycles. The smallest absolute Gasteiger partial charge is 0.254 e. The minimum absolute atomic E-state index is 0.0131. The average Bonchev–Trinajstić information content (AvgIpc) is 3.56. The number of carbonyl (C=O) groups excluding carboxylic acids is 2. The Kier molecular flexibility index (Phi) is 6.35. The highest BCUT2D eigenvalue weighted by Gasteiger charge is 2.34. The van der Waals surface area contributed by atoms with Gasteiger partial charge in [0.1, 0.15) is 17.4 Å². The third-order valence-corrected chi connectivity index (χ3v) is 5.57. The van der Waals surface area contributed by atoms with Crippen molar-refractivity contribution in [3.8, 4) is 11.6 Å². The quantitative estimate of drug-likeness (QED) is 0.635. The number of aromatic nitrogens is 2. The van der Waals surface area contributed by atoms with Crippen molar-refractivity contribution in [2.75, 3.05) is 13.1 Å². The highest BCUT2D eigenvalue weighted by molar-refractivity contribution is 9.10. The third kappa shape index (κ3) is 5.49. The van der Waals surface area contributed by atoms with Crippen LogP contribution in [-0.4, -0.2) is 58.2 Å². The summed E-state index contributed by atoms with van der Waals surface area (Å²) in [6.07, 6.45) is 3.57. The number of piperidine rings is 1. The lowest BCUT2D eigenvalue weighted by Crippen LogP contribution is -2.49. The van der Waals surface area contributed by atoms with E-state index in [1.807, 2.05) is 0 Å². The molecule has 1 saturated heterocycles. The largest absolute Gasteiger partial charge is 0.489 e. The number of pyridine rings is 2. The van der Waals surface area contributed by atoms with E-state index in [2.05, 4.69) is 25.9 Å². The summed E-state index contributed by atoms with van der Waals surface area (Å²) < 4.78 is 26.6. The summed E-state index contributed by atoms with van der Waals surface area (Å²) in [6.45, 7) is 0.226. The van der Waals surface area contributed by atoms with Gasteiger partial charge in [0.15, 0.2) is 6.17 Å². The van der Waals surface area contributed by atoms with E-state index < -0.39 is 18.2 Å². The van der Waals surface area contributed by atoms with Crippen molar-refractivity contribution in [3.63, 3.8) is 0 Å². The number of carbonyl (C=O) groups is 2. The summed E-state index contributed by atoms with van der Waals surface area (Å²) in [5.41, 5.74) is 6.03. The van der Waals surface area contributed by atoms with Crippen molar-refractivity contribution in [1.29, 1.82) is 0 Å². The normalized spacial score (nSPS) is 20.9. The second-order valence-corrected chi connectivity index (χ2v) is 8.57. The molecular weight excluding hydrogens is 471 g/mol. The van der Waals surface area contributed by atoms with Crippen molar-refractivity contribution >= 4 is 27.7 Å². The number of nitrogens with zero attached hydrogens (tertiary/aromatic N) is 3. The number of nitrogens with two attached hydrogens (primary N) is 1. The summed E-state index contributed by atoms with van der Waals surface area (Å²) in [6, 6.07) is 5.03. The summed E-state index contributed by atoms with van der Waals surface area (Å²) in [7, 11) is 0. The lowest BCUT2D eigenvalue weighted by molar-refractivity contribution is -0.134. The highest BCUT2D eigenvalue weighted by Crippen LogP contribution is 2.27. The Morgan fingerprint density at radius 1 is 1.19 bits per heavy atom. The predicted molar refractivity (Wildman–Crippen MR) is 113 cm³/mol. The fourth-order valence-electron chi connectivity index (χ4n) is 3.31. The van der Waals surface area contributed by atoms with Crippen LogP contribution >= 0.6 is 15.9 Å². The van der Waals surface area contributed by atoms with Crippen LogP contribution in [0.25, 0.3) is 0 Å². The molecule has 1 aliphatic carbocycles. The van der Waals surface area contributed by atoms with E-state index in [0.717, 1.165) is 12.8 Å². The first-order chi connectivity index (χ1) is 14.9. The van der Waals surface area contributed by atoms with E-state index in [-0.39, 0.29) is 42.8 Å². The van der Waals surface area contributed by atoms with E-state index in [4.69, 9.17) is 15.2 Å². The Hall–Kier alpha value is -2.75. The minimum Gasteiger partial charge on any atom is -0.489 e. The van der Waals surface area contributed by atoms with Crippen LogP contribution in [0.3, 0.4) is 0 Å². The molecular formula is C21H22BrFN4O4. The molecule has 2 aliphatic rings. The molecule has 0 spiro atoms. The van der Waals surface area contributed by atoms with Crippen LogP contribution in [-0.2, 0) is 11.2 Å². The first-order valence-corrected chi connectivity index (χ1v) is 10.8. The van der Waals surface area contributed by atoms with Gasteiger partial charge >= 0.3 is 0 Å². The van der Waals surface area contributed by atoms with Gasteiger partial charge in [0, 0.05) is 29.3 Å². The first-order valence-electron chi connectivity index (χ1n) is 10.0. The van der Waals surface area contributed by atoms with Gasteiger partial charge in [0.2, 0.25) is 11.8 Å². The standard InChI is InChI=1S/C21H22BrFN4O4/c22-12-7-16(20(24)29)21(26-9-12)31-18-5-6-27(11-17(18)23)19(28)8-13-1-2-15(10-25-13)30-14-3-4-14/h1-2,7,9-10,14,17-18H,3-6,8,11H2,(H2,24,29)/t17-,18-/m0/s1. The van der Waals surface area contributed by atoms with Crippen molar-refractivity contribution in [1.82, 2.24) is 14.9 Å². The number of hydrogen-bond donors (Lipinski definition) is 1. The number of hydrogen-bond acceptors (Lipinski definition) is 6. The third-order valence-electron chi connectivity index (χ3n) is 5.14. The number of likely N-dealkylation sites (tertiary alicyclic amines) is 1. The van der Waals surface area contributed by atoms with Gasteiger partial charge in [-0.2, -0.15) is 0 Å². The van der Waals surface area contributed by atoms with Gasteiger partial charge in [-0.25, -0.2) is 9.37 Å². The van der Waals surface area contributed by atoms with Crippen molar-refractivity contribution < 1.29 is 23.5 Å². The predicted octanol–water partition coefficient (Wildman–Crippen LogP) is 2.44. The van der Waals surface area contributed by atoms with Gasteiger partial charge in [0.05, 0.1) is 25.3 Å². The van der Waals surface area contributed by atoms with E-state index in [9.17, 15) is 14.0 Å². The number of rotatable bonds is 7. The average molecular weight is 493 g/mol. The molecule has 8 nitrogen and oxygen atoms in total. The van der Waals surface area contributed by atoms with Crippen LogP contribution < -0.4 is 15.2 Å². The van der Waals surface area contributed by atoms with Crippen molar-refractivity contribution in [2.45, 2.75) is 44.1 Å². The number of primary amides is 1. The molecule has 10 heteroatoms. The van der Waals surface area contributed by atoms with E-state index in [0.29, 0.717) is 22.5 Å². The zero-order chi connectivity index (χ0) is 22.0. The Morgan fingerprint density at radius 2 is 2.00 bits per heavy atom. The van der Waals surface area contributed by atoms with Crippen LogP contribution in [0.4, 0.5) is 4.39 Å². The summed E-state index contributed by atoms with van der Waals surface area (Å²) in [5.74, 6) is -0.241. The molecule has 2 fully saturated rings. The van der Waals surface area contributed by atoms with E-state index >= 15 is 0 Å². The highest BCUT2D eigenvalue weighted by atomic mass is 79.9. The van der Waals surface area contributed by atoms with Crippen LogP contribution in [0.2, 0.25) is 0 Å². The maximum Gasteiger partial charge on any atom is 0.254 e. The van der Waals surface area contributed by atoms with Crippen LogP contribution in [0, 0.1) is 0 Å². The molecule has 2 N–H and O–H groups in total. The van der Waals surface area contributed by atoms with Crippen molar-refractivity contribution in [3.05, 3.63) is 46.3 Å². The number of amides is 2. The molecule has 1 aliphatic heterocycles. The minimum atomic E-state index is -1.42. The van der Waals surface area contributed by atoms with Crippen LogP contribution in [0.15, 0.2) is 35.1 Å². The van der Waals surface area contributed by atoms with Gasteiger partial charge in [-0.05, 0) is 47.0 Å². The van der Waals surface area contributed by atoms with Gasteiger partial charge in [0.25, 0.3) is 5.91 Å². The van der Waals surface area contributed by atoms with Crippen LogP contribution in [0.5, 0.6) is 11.6 Å². The SMILES string of the molecule is NC(=O)c1cc(Br)cnc1O[C@H]1CCN(C(=O)Cc2ccc(OC3CC3)cn2)C[C@@H]1F. The Balaban J connectivity index is 1.32. The Labute approximate surface area is 187 Å². The molecule has 3 heterocycles. The summed E-state index contributed by atoms with van der Waals surface area (Å²) >= 11 is 3.21. The molecule has 2 atom stereocenters. The molecule has 2 amide bonds. The van der Waals surface area contributed by atoms with Crippen LogP contribution in [0.1, 0.15) is 35.3 Å². The molecule has 2 aromatic rings. The lowest BCUT2D eigenvalue weighted by atomic mass is 10.0. The molecule has 0 radical (unpaired) electrons. The van der Waals surface area contributed by atoms with Gasteiger partial charge in [-0.15, -0.1) is 0 Å². The zero-order valence-corrected chi connectivity index (χ0v) is 18.3. The fraction of sp³-hybridized carbons (Fsp3) is 0.429. The lowest BCUT2D eigenvalue weighted by Gasteiger charge is -2.34. The zero-order valence-electron chi connectivity index (χ0n) is 16.7. The molecule has 164 valence electrons. The molecule has 31 heavy (non-hydrogen) atoms. The second-order valence-electron chi connectivity index (χ2n) is 7.65. The molecule has 2 aromatic heterocycles. The molecule has 4 rings (SSSR count). The molecule has 0 bridgehead atoms. The topological polar surface area (TPSA) is 108 Å². The van der Waals surface area contributed by atoms with E-state index in [1.54, 1.807) is 18.3 Å². The Bertz CT molecular complexity index is 970. The maximum atomic E-state index is 14.8. The second kappa shape index (κ2) is 9.17. The summed E-state index contributed by atoms with van der Waals surface area (Å²) in [4.78, 5) is 34.0. The van der Waals surface area contributed by atoms with Crippen molar-refractivity contribution in [2.24, 2.45) is 5.73 Å².